The fourth-order valence-electron chi connectivity index (χ4n) is 1.24. The van der Waals surface area contributed by atoms with Crippen LogP contribution in [0.2, 0.25) is 0 Å². The summed E-state index contributed by atoms with van der Waals surface area (Å²) < 4.78 is 37.8. The summed E-state index contributed by atoms with van der Waals surface area (Å²) >= 11 is 0. The van der Waals surface area contributed by atoms with Gasteiger partial charge in [-0.1, -0.05) is 0 Å². The average Bonchev–Trinajstić information content (AvgIpc) is 2.63. The van der Waals surface area contributed by atoms with Crippen LogP contribution in [0.4, 0.5) is 24.8 Å². The maximum Gasteiger partial charge on any atom is 0.421 e. The molecule has 2 heterocycles. The lowest BCUT2D eigenvalue weighted by Crippen LogP contribution is -2.10. The van der Waals surface area contributed by atoms with Gasteiger partial charge in [-0.25, -0.2) is 9.97 Å². The summed E-state index contributed by atoms with van der Waals surface area (Å²) in [5.74, 6) is -0.0503. The molecule has 90 valence electrons. The van der Waals surface area contributed by atoms with Crippen molar-refractivity contribution in [3.05, 3.63) is 29.8 Å². The second-order valence-electron chi connectivity index (χ2n) is 3.34. The van der Waals surface area contributed by atoms with Gasteiger partial charge in [-0.2, -0.15) is 18.3 Å². The van der Waals surface area contributed by atoms with Crippen LogP contribution in [0.3, 0.4) is 0 Å². The zero-order valence-electron chi connectivity index (χ0n) is 8.71. The van der Waals surface area contributed by atoms with Gasteiger partial charge in [0.15, 0.2) is 5.82 Å². The van der Waals surface area contributed by atoms with E-state index in [-0.39, 0.29) is 11.6 Å². The molecule has 17 heavy (non-hydrogen) atoms. The Morgan fingerprint density at radius 2 is 2.12 bits per heavy atom. The summed E-state index contributed by atoms with van der Waals surface area (Å²) in [5, 5.41) is 8.87. The Morgan fingerprint density at radius 1 is 1.35 bits per heavy atom. The molecule has 0 fully saturated rings. The van der Waals surface area contributed by atoms with Gasteiger partial charge < -0.3 is 5.32 Å². The third-order valence-corrected chi connectivity index (χ3v) is 1.97. The fraction of sp³-hybridized carbons (Fsp3) is 0.222. The van der Waals surface area contributed by atoms with Crippen LogP contribution < -0.4 is 5.32 Å². The first-order valence-electron chi connectivity index (χ1n) is 4.63. The van der Waals surface area contributed by atoms with Gasteiger partial charge in [0.25, 0.3) is 0 Å². The summed E-state index contributed by atoms with van der Waals surface area (Å²) in [6.07, 6.45) is -2.75. The molecule has 2 aromatic heterocycles. The summed E-state index contributed by atoms with van der Waals surface area (Å²) in [5.41, 5.74) is -0.198. The van der Waals surface area contributed by atoms with Crippen molar-refractivity contribution in [1.29, 1.82) is 0 Å². The largest absolute Gasteiger partial charge is 0.421 e. The summed E-state index contributed by atoms with van der Waals surface area (Å²) in [6.45, 7) is 1.74. The number of rotatable bonds is 2. The zero-order valence-corrected chi connectivity index (χ0v) is 8.71. The monoisotopic (exact) mass is 243 g/mol. The van der Waals surface area contributed by atoms with Crippen molar-refractivity contribution in [1.82, 2.24) is 20.2 Å². The van der Waals surface area contributed by atoms with E-state index in [0.29, 0.717) is 0 Å². The van der Waals surface area contributed by atoms with E-state index in [4.69, 9.17) is 0 Å². The topological polar surface area (TPSA) is 66.5 Å². The van der Waals surface area contributed by atoms with Gasteiger partial charge >= 0.3 is 6.18 Å². The number of anilines is 2. The van der Waals surface area contributed by atoms with Crippen LogP contribution in [-0.4, -0.2) is 20.2 Å². The molecule has 5 nitrogen and oxygen atoms in total. The van der Waals surface area contributed by atoms with Gasteiger partial charge in [0, 0.05) is 18.0 Å². The van der Waals surface area contributed by atoms with Crippen molar-refractivity contribution < 1.29 is 13.2 Å². The van der Waals surface area contributed by atoms with E-state index in [1.807, 2.05) is 0 Å². The standard InChI is InChI=1S/C9H8F3N5/c1-5-2-7(17-16-5)15-8-6(9(10,11)12)3-13-4-14-8/h2-4H,1H3,(H2,13,14,15,16,17). The van der Waals surface area contributed by atoms with Gasteiger partial charge in [-0.15, -0.1) is 0 Å². The molecule has 8 heteroatoms. The number of nitrogens with zero attached hydrogens (tertiary/aromatic N) is 3. The van der Waals surface area contributed by atoms with Crippen molar-refractivity contribution in [3.63, 3.8) is 0 Å². The van der Waals surface area contributed by atoms with Crippen LogP contribution in [0.15, 0.2) is 18.6 Å². The summed E-state index contributed by atoms with van der Waals surface area (Å²) in [7, 11) is 0. The van der Waals surface area contributed by atoms with E-state index in [9.17, 15) is 13.2 Å². The molecule has 0 amide bonds. The number of hydrogen-bond acceptors (Lipinski definition) is 4. The molecule has 0 saturated carbocycles. The predicted octanol–water partition coefficient (Wildman–Crippen LogP) is 2.27. The van der Waals surface area contributed by atoms with Gasteiger partial charge in [-0.05, 0) is 6.92 Å². The molecule has 0 saturated heterocycles. The minimum Gasteiger partial charge on any atom is -0.323 e. The lowest BCUT2D eigenvalue weighted by atomic mass is 10.3. The number of H-pyrrole nitrogens is 1. The summed E-state index contributed by atoms with van der Waals surface area (Å²) in [6, 6.07) is 1.57. The Bertz CT molecular complexity index is 519. The SMILES string of the molecule is Cc1cc(Nc2ncncc2C(F)(F)F)n[nH]1. The number of aromatic nitrogens is 4. The van der Waals surface area contributed by atoms with Gasteiger partial charge in [-0.3, -0.25) is 5.10 Å². The second-order valence-corrected chi connectivity index (χ2v) is 3.34. The predicted molar refractivity (Wildman–Crippen MR) is 53.6 cm³/mol. The molecule has 2 N–H and O–H groups in total. The highest BCUT2D eigenvalue weighted by atomic mass is 19.4. The quantitative estimate of drug-likeness (QED) is 0.849. The smallest absolute Gasteiger partial charge is 0.323 e. The average molecular weight is 243 g/mol. The van der Waals surface area contributed by atoms with E-state index >= 15 is 0 Å². The Kier molecular flexibility index (Phi) is 2.70. The summed E-state index contributed by atoms with van der Waals surface area (Å²) in [4.78, 5) is 6.91. The normalized spacial score (nSPS) is 11.5. The first-order valence-corrected chi connectivity index (χ1v) is 4.63. The van der Waals surface area contributed by atoms with E-state index in [0.717, 1.165) is 18.2 Å². The molecule has 0 spiro atoms. The first kappa shape index (κ1) is 11.4. The zero-order chi connectivity index (χ0) is 12.5. The lowest BCUT2D eigenvalue weighted by Gasteiger charge is -2.10. The van der Waals surface area contributed by atoms with Crippen LogP contribution in [0.25, 0.3) is 0 Å². The Labute approximate surface area is 94.1 Å². The minimum absolute atomic E-state index is 0.270. The Hall–Kier alpha value is -2.12. The van der Waals surface area contributed by atoms with Crippen LogP contribution in [0, 0.1) is 6.92 Å². The fourth-order valence-corrected chi connectivity index (χ4v) is 1.24. The van der Waals surface area contributed by atoms with Crippen molar-refractivity contribution >= 4 is 11.6 Å². The molecule has 0 radical (unpaired) electrons. The number of nitrogens with one attached hydrogen (secondary N) is 2. The highest BCUT2D eigenvalue weighted by molar-refractivity contribution is 5.55. The van der Waals surface area contributed by atoms with Crippen molar-refractivity contribution in [2.45, 2.75) is 13.1 Å². The second kappa shape index (κ2) is 4.04. The lowest BCUT2D eigenvalue weighted by molar-refractivity contribution is -0.137. The molecule has 0 aromatic carbocycles. The van der Waals surface area contributed by atoms with Crippen LogP contribution >= 0.6 is 0 Å². The molecule has 2 aromatic rings. The van der Waals surface area contributed by atoms with Crippen LogP contribution in [0.1, 0.15) is 11.3 Å². The van der Waals surface area contributed by atoms with E-state index in [2.05, 4.69) is 25.5 Å². The van der Waals surface area contributed by atoms with E-state index in [1.165, 1.54) is 0 Å². The van der Waals surface area contributed by atoms with Crippen molar-refractivity contribution in [2.24, 2.45) is 0 Å². The third-order valence-electron chi connectivity index (χ3n) is 1.97. The minimum atomic E-state index is -4.51. The van der Waals surface area contributed by atoms with Crippen LogP contribution in [-0.2, 0) is 6.18 Å². The van der Waals surface area contributed by atoms with Crippen molar-refractivity contribution in [3.8, 4) is 0 Å². The number of aryl methyl sites for hydroxylation is 1. The van der Waals surface area contributed by atoms with E-state index < -0.39 is 11.7 Å². The molecule has 0 aliphatic heterocycles. The first-order chi connectivity index (χ1) is 7.97. The number of hydrogen-bond donors (Lipinski definition) is 2. The maximum absolute atomic E-state index is 12.6. The number of aromatic amines is 1. The maximum atomic E-state index is 12.6. The van der Waals surface area contributed by atoms with E-state index in [1.54, 1.807) is 13.0 Å². The molecule has 0 atom stereocenters. The molecular weight excluding hydrogens is 235 g/mol. The number of alkyl halides is 3. The van der Waals surface area contributed by atoms with Crippen molar-refractivity contribution in [2.75, 3.05) is 5.32 Å². The molecule has 2 rings (SSSR count). The van der Waals surface area contributed by atoms with Gasteiger partial charge in [0.2, 0.25) is 0 Å². The number of halogens is 3. The highest BCUT2D eigenvalue weighted by Gasteiger charge is 2.34. The highest BCUT2D eigenvalue weighted by Crippen LogP contribution is 2.33. The Morgan fingerprint density at radius 3 is 2.71 bits per heavy atom. The van der Waals surface area contributed by atoms with Gasteiger partial charge in [0.05, 0.1) is 0 Å². The van der Waals surface area contributed by atoms with Crippen LogP contribution in [0.5, 0.6) is 0 Å². The Balaban J connectivity index is 2.33. The molecule has 0 unspecified atom stereocenters. The third kappa shape index (κ3) is 2.52. The molecular formula is C9H8F3N5. The molecule has 0 bridgehead atoms. The molecule has 0 aliphatic carbocycles. The van der Waals surface area contributed by atoms with Gasteiger partial charge in [0.1, 0.15) is 17.7 Å². The molecule has 0 aliphatic rings.